The first-order chi connectivity index (χ1) is 20.3. The smallest absolute Gasteiger partial charge is 0.264 e. The number of benzene rings is 3. The predicted molar refractivity (Wildman–Crippen MR) is 170 cm³/mol. The number of methoxy groups -OCH3 is 2. The third-order valence-electron chi connectivity index (χ3n) is 6.58. The molecule has 9 nitrogen and oxygen atoms in total. The number of carbonyl (C=O) groups is 2. The average Bonchev–Trinajstić information content (AvgIpc) is 2.98. The van der Waals surface area contributed by atoms with E-state index in [0.717, 1.165) is 4.31 Å². The van der Waals surface area contributed by atoms with E-state index in [1.165, 1.54) is 61.6 Å². The molecular formula is C30H34Cl3N3O6S. The van der Waals surface area contributed by atoms with E-state index in [-0.39, 0.29) is 28.8 Å². The van der Waals surface area contributed by atoms with E-state index in [9.17, 15) is 18.0 Å². The summed E-state index contributed by atoms with van der Waals surface area (Å²) in [6.07, 6.45) is 0. The summed E-state index contributed by atoms with van der Waals surface area (Å²) >= 11 is 18.9. The molecule has 0 saturated carbocycles. The molecular weight excluding hydrogens is 637 g/mol. The molecule has 0 spiro atoms. The van der Waals surface area contributed by atoms with Gasteiger partial charge in [-0.05, 0) is 61.4 Å². The van der Waals surface area contributed by atoms with Gasteiger partial charge in [-0.25, -0.2) is 8.42 Å². The second kappa shape index (κ2) is 15.0. The second-order valence-electron chi connectivity index (χ2n) is 10.0. The Hall–Kier alpha value is -3.18. The van der Waals surface area contributed by atoms with Gasteiger partial charge in [0.1, 0.15) is 12.6 Å². The maximum atomic E-state index is 14.1. The molecule has 0 heterocycles. The fraction of sp³-hybridized carbons (Fsp3) is 0.333. The molecule has 0 unspecified atom stereocenters. The Kier molecular flexibility index (Phi) is 12.0. The Morgan fingerprint density at radius 1 is 0.884 bits per heavy atom. The van der Waals surface area contributed by atoms with Gasteiger partial charge in [-0.15, -0.1) is 0 Å². The molecule has 0 aliphatic heterocycles. The average molecular weight is 671 g/mol. The van der Waals surface area contributed by atoms with E-state index in [1.807, 2.05) is 13.8 Å². The maximum absolute atomic E-state index is 14.1. The van der Waals surface area contributed by atoms with Crippen molar-refractivity contribution in [3.63, 3.8) is 0 Å². The Bertz CT molecular complexity index is 1530. The molecule has 1 N–H and O–H groups in total. The highest BCUT2D eigenvalue weighted by Crippen LogP contribution is 2.33. The van der Waals surface area contributed by atoms with E-state index < -0.39 is 34.4 Å². The van der Waals surface area contributed by atoms with Crippen LogP contribution in [0.25, 0.3) is 0 Å². The summed E-state index contributed by atoms with van der Waals surface area (Å²) in [5.74, 6) is -0.380. The lowest BCUT2D eigenvalue weighted by molar-refractivity contribution is -0.139. The van der Waals surface area contributed by atoms with Crippen LogP contribution in [-0.4, -0.2) is 58.5 Å². The number of amides is 2. The van der Waals surface area contributed by atoms with Gasteiger partial charge in [-0.2, -0.15) is 0 Å². The molecule has 0 fully saturated rings. The number of hydrogen-bond donors (Lipinski definition) is 1. The summed E-state index contributed by atoms with van der Waals surface area (Å²) < 4.78 is 39.7. The van der Waals surface area contributed by atoms with Gasteiger partial charge in [0.15, 0.2) is 11.5 Å². The highest BCUT2D eigenvalue weighted by atomic mass is 35.5. The molecule has 3 aromatic carbocycles. The topological polar surface area (TPSA) is 105 Å². The minimum absolute atomic E-state index is 0.140. The van der Waals surface area contributed by atoms with Gasteiger partial charge in [0.05, 0.1) is 24.8 Å². The number of ether oxygens (including phenoxy) is 2. The van der Waals surface area contributed by atoms with E-state index >= 15 is 0 Å². The van der Waals surface area contributed by atoms with Crippen LogP contribution in [0.4, 0.5) is 5.69 Å². The maximum Gasteiger partial charge on any atom is 0.264 e. The zero-order valence-electron chi connectivity index (χ0n) is 24.4. The Morgan fingerprint density at radius 2 is 1.49 bits per heavy atom. The van der Waals surface area contributed by atoms with Gasteiger partial charge in [0.2, 0.25) is 11.8 Å². The first-order valence-corrected chi connectivity index (χ1v) is 15.9. The van der Waals surface area contributed by atoms with Crippen LogP contribution in [0.2, 0.25) is 15.1 Å². The number of anilines is 1. The zero-order valence-corrected chi connectivity index (χ0v) is 27.5. The van der Waals surface area contributed by atoms with Gasteiger partial charge in [0, 0.05) is 39.8 Å². The number of rotatable bonds is 13. The van der Waals surface area contributed by atoms with Crippen LogP contribution in [0.1, 0.15) is 26.3 Å². The summed E-state index contributed by atoms with van der Waals surface area (Å²) in [7, 11) is -1.53. The summed E-state index contributed by atoms with van der Waals surface area (Å²) in [4.78, 5) is 28.4. The van der Waals surface area contributed by atoms with E-state index in [0.29, 0.717) is 32.9 Å². The molecule has 232 valence electrons. The summed E-state index contributed by atoms with van der Waals surface area (Å²) in [5.41, 5.74) is 0.601. The number of halogens is 3. The zero-order chi connectivity index (χ0) is 31.9. The summed E-state index contributed by atoms with van der Waals surface area (Å²) in [6.45, 7) is 5.05. The Labute approximate surface area is 267 Å². The van der Waals surface area contributed by atoms with Crippen LogP contribution in [-0.2, 0) is 26.2 Å². The van der Waals surface area contributed by atoms with Crippen molar-refractivity contribution in [2.24, 2.45) is 5.92 Å². The lowest BCUT2D eigenvalue weighted by Gasteiger charge is -2.32. The minimum atomic E-state index is -4.36. The quantitative estimate of drug-likeness (QED) is 0.238. The van der Waals surface area contributed by atoms with Crippen molar-refractivity contribution in [2.45, 2.75) is 38.3 Å². The number of sulfonamides is 1. The summed E-state index contributed by atoms with van der Waals surface area (Å²) in [5, 5.41) is 3.81. The van der Waals surface area contributed by atoms with Crippen molar-refractivity contribution in [3.8, 4) is 11.5 Å². The molecule has 0 saturated heterocycles. The molecule has 3 rings (SSSR count). The molecule has 0 aromatic heterocycles. The first-order valence-electron chi connectivity index (χ1n) is 13.3. The number of nitrogens with zero attached hydrogens (tertiary/aromatic N) is 2. The lowest BCUT2D eigenvalue weighted by Crippen LogP contribution is -2.51. The van der Waals surface area contributed by atoms with Crippen LogP contribution >= 0.6 is 34.8 Å². The Morgan fingerprint density at radius 3 is 2.05 bits per heavy atom. The van der Waals surface area contributed by atoms with Crippen LogP contribution in [0.5, 0.6) is 11.5 Å². The largest absolute Gasteiger partial charge is 0.493 e. The summed E-state index contributed by atoms with van der Waals surface area (Å²) in [6, 6.07) is 14.0. The van der Waals surface area contributed by atoms with Gasteiger partial charge >= 0.3 is 0 Å². The molecule has 13 heteroatoms. The third kappa shape index (κ3) is 8.47. The van der Waals surface area contributed by atoms with Crippen molar-refractivity contribution in [1.29, 1.82) is 0 Å². The molecule has 0 aliphatic rings. The fourth-order valence-electron chi connectivity index (χ4n) is 4.13. The highest BCUT2D eigenvalue weighted by molar-refractivity contribution is 7.92. The molecule has 0 aliphatic carbocycles. The normalized spacial score (nSPS) is 12.0. The van der Waals surface area contributed by atoms with E-state index in [4.69, 9.17) is 44.3 Å². The monoisotopic (exact) mass is 669 g/mol. The van der Waals surface area contributed by atoms with Crippen LogP contribution in [0.3, 0.4) is 0 Å². The number of carbonyl (C=O) groups excluding carboxylic acids is 2. The van der Waals surface area contributed by atoms with E-state index in [2.05, 4.69) is 5.32 Å². The van der Waals surface area contributed by atoms with Gasteiger partial charge in [0.25, 0.3) is 10.0 Å². The third-order valence-corrected chi connectivity index (χ3v) is 9.31. The number of nitrogens with one attached hydrogen (secondary N) is 1. The molecule has 43 heavy (non-hydrogen) atoms. The SMILES string of the molecule is COc1ccc(S(=O)(=O)N(CC(=O)N(Cc2c(Cl)cccc2Cl)[C@H](C)C(=O)NCC(C)C)c2ccc(Cl)cc2)cc1OC. The molecule has 2 amide bonds. The first kappa shape index (κ1) is 34.3. The predicted octanol–water partition coefficient (Wildman–Crippen LogP) is 6.05. The van der Waals surface area contributed by atoms with Gasteiger partial charge in [-0.3, -0.25) is 13.9 Å². The van der Waals surface area contributed by atoms with Crippen LogP contribution < -0.4 is 19.1 Å². The molecule has 0 bridgehead atoms. The molecule has 3 aromatic rings. The van der Waals surface area contributed by atoms with Crippen LogP contribution in [0.15, 0.2) is 65.6 Å². The van der Waals surface area contributed by atoms with Gasteiger partial charge in [-0.1, -0.05) is 54.7 Å². The van der Waals surface area contributed by atoms with Crippen molar-refractivity contribution in [2.75, 3.05) is 31.6 Å². The highest BCUT2D eigenvalue weighted by Gasteiger charge is 2.33. The van der Waals surface area contributed by atoms with Crippen molar-refractivity contribution in [1.82, 2.24) is 10.2 Å². The molecule has 1 atom stereocenters. The van der Waals surface area contributed by atoms with Crippen LogP contribution in [0, 0.1) is 5.92 Å². The van der Waals surface area contributed by atoms with Crippen molar-refractivity contribution < 1.29 is 27.5 Å². The second-order valence-corrected chi connectivity index (χ2v) is 13.2. The lowest BCUT2D eigenvalue weighted by atomic mass is 10.1. The molecule has 0 radical (unpaired) electrons. The number of hydrogen-bond acceptors (Lipinski definition) is 6. The van der Waals surface area contributed by atoms with E-state index in [1.54, 1.807) is 25.1 Å². The van der Waals surface area contributed by atoms with Crippen molar-refractivity contribution >= 4 is 62.3 Å². The Balaban J connectivity index is 2.09. The van der Waals surface area contributed by atoms with Crippen molar-refractivity contribution in [3.05, 3.63) is 81.3 Å². The minimum Gasteiger partial charge on any atom is -0.493 e. The fourth-order valence-corrected chi connectivity index (χ4v) is 6.20. The standard InChI is InChI=1S/C30H34Cl3N3O6S/c1-19(2)16-34-30(38)20(3)35(17-24-25(32)7-6-8-26(24)33)29(37)18-36(22-11-9-21(31)10-12-22)43(39,40)23-13-14-27(41-4)28(15-23)42-5/h6-15,19-20H,16-18H2,1-5H3,(H,34,38)/t20-/m1/s1. The van der Waals surface area contributed by atoms with Gasteiger partial charge < -0.3 is 19.7 Å².